The maximum atomic E-state index is 2.85. The Hall–Kier alpha value is -0.120. The van der Waals surface area contributed by atoms with Crippen LogP contribution in [0.4, 0.5) is 0 Å². The molecule has 0 spiro atoms. The summed E-state index contributed by atoms with van der Waals surface area (Å²) in [5.41, 5.74) is 0. The summed E-state index contributed by atoms with van der Waals surface area (Å²) in [6.45, 7) is 18.4. The lowest BCUT2D eigenvalue weighted by Gasteiger charge is -2.53. The number of rotatable bonds is 4. The highest BCUT2D eigenvalue weighted by atomic mass is 15.4. The minimum absolute atomic E-state index is 0.723. The highest BCUT2D eigenvalue weighted by Crippen LogP contribution is 2.34. The fourth-order valence-electron chi connectivity index (χ4n) is 5.11. The second-order valence-corrected chi connectivity index (χ2v) is 9.10. The Labute approximate surface area is 144 Å². The van der Waals surface area contributed by atoms with Crippen LogP contribution in [-0.2, 0) is 0 Å². The van der Waals surface area contributed by atoms with E-state index in [-0.39, 0.29) is 0 Å². The van der Waals surface area contributed by atoms with Crippen molar-refractivity contribution in [3.8, 4) is 0 Å². The van der Waals surface area contributed by atoms with Gasteiger partial charge in [-0.2, -0.15) is 0 Å². The summed E-state index contributed by atoms with van der Waals surface area (Å²) >= 11 is 0. The van der Waals surface area contributed by atoms with Gasteiger partial charge < -0.3 is 0 Å². The predicted molar refractivity (Wildman–Crippen MR) is 98.8 cm³/mol. The van der Waals surface area contributed by atoms with E-state index in [4.69, 9.17) is 0 Å². The van der Waals surface area contributed by atoms with E-state index >= 15 is 0 Å². The lowest BCUT2D eigenvalue weighted by molar-refractivity contribution is -0.0403. The van der Waals surface area contributed by atoms with Gasteiger partial charge in [-0.25, -0.2) is 0 Å². The van der Waals surface area contributed by atoms with Crippen LogP contribution in [0.3, 0.4) is 0 Å². The van der Waals surface area contributed by atoms with Gasteiger partial charge in [-0.3, -0.25) is 14.7 Å². The lowest BCUT2D eigenvalue weighted by Crippen LogP contribution is -2.66. The molecule has 3 fully saturated rings. The second-order valence-electron chi connectivity index (χ2n) is 9.10. The molecule has 0 aromatic rings. The van der Waals surface area contributed by atoms with Gasteiger partial charge in [0, 0.05) is 56.9 Å². The molecule has 0 amide bonds. The monoisotopic (exact) mass is 321 g/mol. The Morgan fingerprint density at radius 3 is 1.96 bits per heavy atom. The first-order chi connectivity index (χ1) is 11.0. The molecule has 1 saturated carbocycles. The molecule has 0 unspecified atom stereocenters. The van der Waals surface area contributed by atoms with Gasteiger partial charge in [0.25, 0.3) is 0 Å². The van der Waals surface area contributed by atoms with Crippen molar-refractivity contribution in [2.45, 2.75) is 84.5 Å². The van der Waals surface area contributed by atoms with Gasteiger partial charge in [-0.05, 0) is 58.3 Å². The molecular weight excluding hydrogens is 282 g/mol. The van der Waals surface area contributed by atoms with Crippen LogP contribution >= 0.6 is 0 Å². The summed E-state index contributed by atoms with van der Waals surface area (Å²) in [5, 5.41) is 0. The zero-order valence-corrected chi connectivity index (χ0v) is 16.2. The van der Waals surface area contributed by atoms with Gasteiger partial charge in [-0.15, -0.1) is 0 Å². The van der Waals surface area contributed by atoms with E-state index in [1.165, 1.54) is 58.4 Å². The molecule has 3 nitrogen and oxygen atoms in total. The molecule has 2 aliphatic heterocycles. The van der Waals surface area contributed by atoms with Crippen LogP contribution in [0.1, 0.15) is 60.3 Å². The SMILES string of the molecule is CC(C)C1CCC(N2CCN(C3CN(C(C)C)C3)C[C@H]2C)CC1. The van der Waals surface area contributed by atoms with Crippen molar-refractivity contribution in [3.63, 3.8) is 0 Å². The second kappa shape index (κ2) is 7.41. The minimum Gasteiger partial charge on any atom is -0.298 e. The maximum absolute atomic E-state index is 2.85. The summed E-state index contributed by atoms with van der Waals surface area (Å²) in [6.07, 6.45) is 5.80. The van der Waals surface area contributed by atoms with Crippen molar-refractivity contribution in [2.75, 3.05) is 32.7 Å². The number of hydrogen-bond acceptors (Lipinski definition) is 3. The summed E-state index contributed by atoms with van der Waals surface area (Å²) in [4.78, 5) is 8.24. The van der Waals surface area contributed by atoms with E-state index in [1.807, 2.05) is 0 Å². The van der Waals surface area contributed by atoms with E-state index in [9.17, 15) is 0 Å². The van der Waals surface area contributed by atoms with Crippen molar-refractivity contribution < 1.29 is 0 Å². The molecule has 0 N–H and O–H groups in total. The molecule has 0 radical (unpaired) electrons. The van der Waals surface area contributed by atoms with E-state index in [2.05, 4.69) is 49.3 Å². The van der Waals surface area contributed by atoms with E-state index in [1.54, 1.807) is 0 Å². The van der Waals surface area contributed by atoms with Crippen molar-refractivity contribution in [2.24, 2.45) is 11.8 Å². The highest BCUT2D eigenvalue weighted by molar-refractivity contribution is 4.95. The molecule has 0 bridgehead atoms. The molecule has 3 rings (SSSR count). The van der Waals surface area contributed by atoms with Crippen LogP contribution in [-0.4, -0.2) is 71.6 Å². The third-order valence-corrected chi connectivity index (χ3v) is 7.00. The van der Waals surface area contributed by atoms with Crippen molar-refractivity contribution in [3.05, 3.63) is 0 Å². The average Bonchev–Trinajstić information content (AvgIpc) is 2.45. The molecule has 1 aliphatic carbocycles. The number of piperazine rings is 1. The van der Waals surface area contributed by atoms with E-state index in [0.29, 0.717) is 0 Å². The summed E-state index contributed by atoms with van der Waals surface area (Å²) in [6, 6.07) is 3.17. The van der Waals surface area contributed by atoms with Gasteiger partial charge in [0.05, 0.1) is 0 Å². The lowest BCUT2D eigenvalue weighted by atomic mass is 9.79. The van der Waals surface area contributed by atoms with Crippen molar-refractivity contribution >= 4 is 0 Å². The standard InChI is InChI=1S/C20H39N3/c1-15(2)18-6-8-19(9-7-18)23-11-10-21(12-17(23)5)20-13-22(14-20)16(3)4/h15-20H,6-14H2,1-5H3/t17-,18?,19?/m1/s1. The fourth-order valence-corrected chi connectivity index (χ4v) is 5.11. The van der Waals surface area contributed by atoms with Crippen LogP contribution in [0.2, 0.25) is 0 Å². The topological polar surface area (TPSA) is 9.72 Å². The smallest absolute Gasteiger partial charge is 0.0351 e. The Kier molecular flexibility index (Phi) is 5.70. The summed E-state index contributed by atoms with van der Waals surface area (Å²) in [5.74, 6) is 1.87. The van der Waals surface area contributed by atoms with Crippen LogP contribution in [0.15, 0.2) is 0 Å². The highest BCUT2D eigenvalue weighted by Gasteiger charge is 2.38. The molecule has 0 aromatic carbocycles. The Bertz CT molecular complexity index is 367. The third-order valence-electron chi connectivity index (χ3n) is 7.00. The largest absolute Gasteiger partial charge is 0.298 e. The Morgan fingerprint density at radius 2 is 1.43 bits per heavy atom. The Balaban J connectivity index is 1.45. The van der Waals surface area contributed by atoms with Gasteiger partial charge in [0.1, 0.15) is 0 Å². The fraction of sp³-hybridized carbons (Fsp3) is 1.00. The van der Waals surface area contributed by atoms with Crippen LogP contribution in [0, 0.1) is 11.8 Å². The van der Waals surface area contributed by atoms with Crippen molar-refractivity contribution in [1.29, 1.82) is 0 Å². The number of hydrogen-bond donors (Lipinski definition) is 0. The molecular formula is C20H39N3. The molecule has 2 saturated heterocycles. The minimum atomic E-state index is 0.723. The van der Waals surface area contributed by atoms with E-state index < -0.39 is 0 Å². The molecule has 3 aliphatic rings. The first-order valence-electron chi connectivity index (χ1n) is 10.2. The van der Waals surface area contributed by atoms with Crippen LogP contribution < -0.4 is 0 Å². The summed E-state index contributed by atoms with van der Waals surface area (Å²) in [7, 11) is 0. The molecule has 2 heterocycles. The van der Waals surface area contributed by atoms with Gasteiger partial charge in [0.2, 0.25) is 0 Å². The van der Waals surface area contributed by atoms with Crippen molar-refractivity contribution in [1.82, 2.24) is 14.7 Å². The first-order valence-corrected chi connectivity index (χ1v) is 10.2. The number of nitrogens with zero attached hydrogens (tertiary/aromatic N) is 3. The number of likely N-dealkylation sites (tertiary alicyclic amines) is 1. The molecule has 3 heteroatoms. The Morgan fingerprint density at radius 1 is 0.783 bits per heavy atom. The zero-order chi connectivity index (χ0) is 16.6. The molecule has 1 atom stereocenters. The van der Waals surface area contributed by atoms with Crippen LogP contribution in [0.5, 0.6) is 0 Å². The maximum Gasteiger partial charge on any atom is 0.0351 e. The summed E-state index contributed by atoms with van der Waals surface area (Å²) < 4.78 is 0. The molecule has 134 valence electrons. The average molecular weight is 322 g/mol. The molecule has 23 heavy (non-hydrogen) atoms. The van der Waals surface area contributed by atoms with E-state index in [0.717, 1.165) is 36.0 Å². The van der Waals surface area contributed by atoms with Crippen LogP contribution in [0.25, 0.3) is 0 Å². The quantitative estimate of drug-likeness (QED) is 0.786. The van der Waals surface area contributed by atoms with Gasteiger partial charge in [-0.1, -0.05) is 13.8 Å². The van der Waals surface area contributed by atoms with Gasteiger partial charge in [0.15, 0.2) is 0 Å². The molecule has 0 aromatic heterocycles. The van der Waals surface area contributed by atoms with Gasteiger partial charge >= 0.3 is 0 Å². The third kappa shape index (κ3) is 3.93. The first kappa shape index (κ1) is 17.7. The zero-order valence-electron chi connectivity index (χ0n) is 16.2. The predicted octanol–water partition coefficient (Wildman–Crippen LogP) is 3.30. The normalized spacial score (nSPS) is 35.9.